The lowest BCUT2D eigenvalue weighted by Gasteiger charge is -2.10. The Kier molecular flexibility index (Phi) is 6.64. The highest BCUT2D eigenvalue weighted by molar-refractivity contribution is 7.14. The summed E-state index contributed by atoms with van der Waals surface area (Å²) in [6.07, 6.45) is 1.71. The van der Waals surface area contributed by atoms with Gasteiger partial charge in [0.15, 0.2) is 0 Å². The van der Waals surface area contributed by atoms with Gasteiger partial charge in [-0.15, -0.1) is 11.3 Å². The molecule has 0 aliphatic rings. The summed E-state index contributed by atoms with van der Waals surface area (Å²) in [5.41, 5.74) is 6.64. The second-order valence-electron chi connectivity index (χ2n) is 6.33. The minimum Gasteiger partial charge on any atom is -0.488 e. The van der Waals surface area contributed by atoms with E-state index in [1.807, 2.05) is 78.2 Å². The number of para-hydroxylation sites is 1. The zero-order valence-corrected chi connectivity index (χ0v) is 18.1. The highest BCUT2D eigenvalue weighted by atomic mass is 35.5. The Morgan fingerprint density at radius 2 is 1.73 bits per heavy atom. The van der Waals surface area contributed by atoms with Crippen LogP contribution in [0.1, 0.15) is 11.1 Å². The zero-order chi connectivity index (χ0) is 20.8. The van der Waals surface area contributed by atoms with Gasteiger partial charge in [0.25, 0.3) is 0 Å². The van der Waals surface area contributed by atoms with E-state index in [1.54, 1.807) is 6.21 Å². The normalized spacial score (nSPS) is 11.0. The van der Waals surface area contributed by atoms with E-state index in [-0.39, 0.29) is 0 Å². The van der Waals surface area contributed by atoms with E-state index in [0.717, 1.165) is 28.1 Å². The Morgan fingerprint density at radius 3 is 2.57 bits per heavy atom. The number of aromatic nitrogens is 1. The highest BCUT2D eigenvalue weighted by Gasteiger charge is 2.05. The number of hydrogen-bond donors (Lipinski definition) is 1. The maximum atomic E-state index is 6.21. The van der Waals surface area contributed by atoms with Gasteiger partial charge >= 0.3 is 0 Å². The van der Waals surface area contributed by atoms with Crippen molar-refractivity contribution in [2.45, 2.75) is 6.61 Å². The summed E-state index contributed by atoms with van der Waals surface area (Å²) in [7, 11) is 0. The van der Waals surface area contributed by atoms with E-state index in [0.29, 0.717) is 21.8 Å². The quantitative estimate of drug-likeness (QED) is 0.238. The van der Waals surface area contributed by atoms with Crippen LogP contribution in [0.15, 0.2) is 83.3 Å². The maximum absolute atomic E-state index is 6.21. The average Bonchev–Trinajstić information content (AvgIpc) is 3.23. The summed E-state index contributed by atoms with van der Waals surface area (Å²) in [4.78, 5) is 4.55. The third-order valence-electron chi connectivity index (χ3n) is 4.27. The molecule has 1 heterocycles. The van der Waals surface area contributed by atoms with Crippen molar-refractivity contribution in [2.75, 3.05) is 5.43 Å². The van der Waals surface area contributed by atoms with Crippen molar-refractivity contribution >= 4 is 45.9 Å². The van der Waals surface area contributed by atoms with Gasteiger partial charge in [-0.1, -0.05) is 65.7 Å². The predicted octanol–water partition coefficient (Wildman–Crippen LogP) is 7.14. The predicted molar refractivity (Wildman–Crippen MR) is 126 cm³/mol. The van der Waals surface area contributed by atoms with Crippen molar-refractivity contribution in [3.8, 4) is 17.0 Å². The van der Waals surface area contributed by atoms with Gasteiger partial charge < -0.3 is 4.74 Å². The van der Waals surface area contributed by atoms with Gasteiger partial charge in [0.05, 0.1) is 11.9 Å². The third-order valence-corrected chi connectivity index (χ3v) is 5.64. The lowest BCUT2D eigenvalue weighted by atomic mass is 10.2. The Labute approximate surface area is 188 Å². The van der Waals surface area contributed by atoms with Gasteiger partial charge in [-0.25, -0.2) is 4.98 Å². The largest absolute Gasteiger partial charge is 0.488 e. The molecule has 0 fully saturated rings. The fraction of sp³-hybridized carbons (Fsp3) is 0.0435. The van der Waals surface area contributed by atoms with Crippen LogP contribution in [0, 0.1) is 0 Å². The summed E-state index contributed by atoms with van der Waals surface area (Å²) in [5, 5.41) is 8.37. The van der Waals surface area contributed by atoms with Gasteiger partial charge in [0.2, 0.25) is 5.13 Å². The molecule has 1 N–H and O–H groups in total. The van der Waals surface area contributed by atoms with Gasteiger partial charge in [0.1, 0.15) is 12.4 Å². The number of hydrogen-bond acceptors (Lipinski definition) is 5. The molecule has 0 aliphatic carbocycles. The van der Waals surface area contributed by atoms with Crippen LogP contribution in [0.2, 0.25) is 10.0 Å². The molecule has 150 valence electrons. The molecule has 0 saturated carbocycles. The fourth-order valence-electron chi connectivity index (χ4n) is 2.72. The van der Waals surface area contributed by atoms with Crippen molar-refractivity contribution in [3.05, 3.63) is 99.3 Å². The molecular weight excluding hydrogens is 437 g/mol. The molecule has 4 nitrogen and oxygen atoms in total. The number of benzene rings is 3. The highest BCUT2D eigenvalue weighted by Crippen LogP contribution is 2.26. The first-order valence-corrected chi connectivity index (χ1v) is 10.8. The van der Waals surface area contributed by atoms with Crippen molar-refractivity contribution in [2.24, 2.45) is 5.10 Å². The molecule has 0 amide bonds. The Bertz CT molecular complexity index is 1160. The molecule has 0 bridgehead atoms. The standard InChI is InChI=1S/C23H17Cl2N3OS/c24-19-11-9-16(10-12-19)21-15-30-23(27-21)28-26-13-17-5-2-4-8-22(17)29-14-18-6-1-3-7-20(18)25/h1-13,15H,14H2,(H,27,28)/b26-13+. The number of rotatable bonds is 7. The molecule has 0 unspecified atom stereocenters. The Balaban J connectivity index is 1.41. The van der Waals surface area contributed by atoms with Crippen LogP contribution in [0.5, 0.6) is 5.75 Å². The summed E-state index contributed by atoms with van der Waals surface area (Å²) in [5.74, 6) is 0.726. The second-order valence-corrected chi connectivity index (χ2v) is 8.03. The van der Waals surface area contributed by atoms with Crippen LogP contribution in [0.3, 0.4) is 0 Å². The van der Waals surface area contributed by atoms with Gasteiger partial charge in [-0.3, -0.25) is 5.43 Å². The van der Waals surface area contributed by atoms with Crippen LogP contribution in [-0.2, 0) is 6.61 Å². The zero-order valence-electron chi connectivity index (χ0n) is 15.8. The average molecular weight is 454 g/mol. The molecule has 0 spiro atoms. The molecule has 4 aromatic rings. The van der Waals surface area contributed by atoms with E-state index in [9.17, 15) is 0 Å². The first kappa shape index (κ1) is 20.4. The summed E-state index contributed by atoms with van der Waals surface area (Å²) < 4.78 is 5.95. The molecule has 4 rings (SSSR count). The topological polar surface area (TPSA) is 46.5 Å². The van der Waals surface area contributed by atoms with Crippen molar-refractivity contribution < 1.29 is 4.74 Å². The molecular formula is C23H17Cl2N3OS. The monoisotopic (exact) mass is 453 g/mol. The molecule has 1 aromatic heterocycles. The maximum Gasteiger partial charge on any atom is 0.203 e. The van der Waals surface area contributed by atoms with E-state index in [2.05, 4.69) is 15.5 Å². The van der Waals surface area contributed by atoms with Crippen LogP contribution in [0.4, 0.5) is 5.13 Å². The number of anilines is 1. The summed E-state index contributed by atoms with van der Waals surface area (Å²) in [6.45, 7) is 0.384. The number of thiazole rings is 1. The van der Waals surface area contributed by atoms with Gasteiger partial charge in [-0.05, 0) is 30.3 Å². The molecule has 0 radical (unpaired) electrons. The Morgan fingerprint density at radius 1 is 0.967 bits per heavy atom. The minimum atomic E-state index is 0.384. The number of ether oxygens (including phenoxy) is 1. The van der Waals surface area contributed by atoms with Crippen LogP contribution >= 0.6 is 34.5 Å². The lowest BCUT2D eigenvalue weighted by Crippen LogP contribution is -1.99. The lowest BCUT2D eigenvalue weighted by molar-refractivity contribution is 0.306. The molecule has 30 heavy (non-hydrogen) atoms. The minimum absolute atomic E-state index is 0.384. The summed E-state index contributed by atoms with van der Waals surface area (Å²) >= 11 is 13.6. The van der Waals surface area contributed by atoms with E-state index < -0.39 is 0 Å². The smallest absolute Gasteiger partial charge is 0.203 e. The number of hydrazone groups is 1. The van der Waals surface area contributed by atoms with Gasteiger partial charge in [-0.2, -0.15) is 5.10 Å². The van der Waals surface area contributed by atoms with Crippen molar-refractivity contribution in [1.29, 1.82) is 0 Å². The van der Waals surface area contributed by atoms with E-state index in [4.69, 9.17) is 27.9 Å². The number of nitrogens with one attached hydrogen (secondary N) is 1. The Hall–Kier alpha value is -2.86. The van der Waals surface area contributed by atoms with Crippen LogP contribution in [-0.4, -0.2) is 11.2 Å². The first-order chi connectivity index (χ1) is 14.7. The van der Waals surface area contributed by atoms with Gasteiger partial charge in [0, 0.05) is 32.1 Å². The van der Waals surface area contributed by atoms with E-state index >= 15 is 0 Å². The number of nitrogens with zero attached hydrogens (tertiary/aromatic N) is 2. The first-order valence-electron chi connectivity index (χ1n) is 9.15. The molecule has 0 aliphatic heterocycles. The van der Waals surface area contributed by atoms with Crippen molar-refractivity contribution in [1.82, 2.24) is 4.98 Å². The SMILES string of the molecule is Clc1ccc(-c2csc(N/N=C/c3ccccc3OCc3ccccc3Cl)n2)cc1. The molecule has 0 atom stereocenters. The van der Waals surface area contributed by atoms with Crippen LogP contribution < -0.4 is 10.2 Å². The third kappa shape index (κ3) is 5.19. The molecule has 7 heteroatoms. The summed E-state index contributed by atoms with van der Waals surface area (Å²) in [6, 6.07) is 22.9. The molecule has 0 saturated heterocycles. The fourth-order valence-corrected chi connectivity index (χ4v) is 3.71. The second kappa shape index (κ2) is 9.76. The molecule has 3 aromatic carbocycles. The van der Waals surface area contributed by atoms with Crippen molar-refractivity contribution in [3.63, 3.8) is 0 Å². The van der Waals surface area contributed by atoms with E-state index in [1.165, 1.54) is 11.3 Å². The van der Waals surface area contributed by atoms with Crippen LogP contribution in [0.25, 0.3) is 11.3 Å². The number of halogens is 2.